The van der Waals surface area contributed by atoms with Crippen LogP contribution in [0.2, 0.25) is 0 Å². The van der Waals surface area contributed by atoms with E-state index in [0.717, 1.165) is 25.7 Å². The molecule has 0 radical (unpaired) electrons. The van der Waals surface area contributed by atoms with Gasteiger partial charge in [-0.3, -0.25) is 4.79 Å². The molecule has 0 saturated carbocycles. The highest BCUT2D eigenvalue weighted by molar-refractivity contribution is 7.89. The molecule has 1 N–H and O–H groups in total. The average Bonchev–Trinajstić information content (AvgIpc) is 2.83. The van der Waals surface area contributed by atoms with Crippen molar-refractivity contribution in [1.29, 1.82) is 0 Å². The van der Waals surface area contributed by atoms with E-state index in [1.807, 2.05) is 13.8 Å². The van der Waals surface area contributed by atoms with Crippen molar-refractivity contribution in [1.82, 2.24) is 9.62 Å². The molecule has 1 aromatic carbocycles. The molecule has 6 nitrogen and oxygen atoms in total. The molecule has 1 aliphatic rings. The fourth-order valence-corrected chi connectivity index (χ4v) is 4.34. The molecule has 1 aromatic rings. The summed E-state index contributed by atoms with van der Waals surface area (Å²) in [6.07, 6.45) is 3.85. The van der Waals surface area contributed by atoms with Crippen LogP contribution in [0.25, 0.3) is 0 Å². The van der Waals surface area contributed by atoms with Crippen LogP contribution in [0.5, 0.6) is 5.75 Å². The van der Waals surface area contributed by atoms with Crippen molar-refractivity contribution in [2.24, 2.45) is 0 Å². The molecule has 1 saturated heterocycles. The second-order valence-corrected chi connectivity index (χ2v) is 8.25. The first kappa shape index (κ1) is 18.7. The van der Waals surface area contributed by atoms with Crippen LogP contribution < -0.4 is 10.1 Å². The molecule has 134 valence electrons. The molecule has 1 fully saturated rings. The first-order chi connectivity index (χ1) is 11.4. The number of hydrogen-bond donors (Lipinski definition) is 1. The summed E-state index contributed by atoms with van der Waals surface area (Å²) in [5, 5.41) is 2.77. The zero-order valence-electron chi connectivity index (χ0n) is 14.5. The molecule has 0 unspecified atom stereocenters. The highest BCUT2D eigenvalue weighted by Gasteiger charge is 2.27. The summed E-state index contributed by atoms with van der Waals surface area (Å²) < 4.78 is 32.5. The number of carbonyl (C=O) groups excluding carboxylic acids is 1. The van der Waals surface area contributed by atoms with E-state index in [4.69, 9.17) is 4.74 Å². The predicted molar refractivity (Wildman–Crippen MR) is 92.8 cm³/mol. The highest BCUT2D eigenvalue weighted by Crippen LogP contribution is 2.26. The van der Waals surface area contributed by atoms with Gasteiger partial charge in [0, 0.05) is 19.1 Å². The van der Waals surface area contributed by atoms with Gasteiger partial charge >= 0.3 is 0 Å². The second-order valence-electron chi connectivity index (χ2n) is 6.31. The lowest BCUT2D eigenvalue weighted by Gasteiger charge is -2.21. The topological polar surface area (TPSA) is 75.7 Å². The first-order valence-electron chi connectivity index (χ1n) is 8.35. The Morgan fingerprint density at radius 2 is 1.79 bits per heavy atom. The van der Waals surface area contributed by atoms with Crippen LogP contribution in [-0.2, 0) is 10.0 Å². The number of carbonyl (C=O) groups is 1. The van der Waals surface area contributed by atoms with Gasteiger partial charge in [-0.25, -0.2) is 8.42 Å². The largest absolute Gasteiger partial charge is 0.496 e. The minimum atomic E-state index is -3.60. The molecule has 1 heterocycles. The molecular formula is C17H26N2O4S. The SMILES string of the molecule is COc1ccc(S(=O)(=O)N2CCCCCC2)cc1C(=O)NC(C)C. The standard InChI is InChI=1S/C17H26N2O4S/c1-13(2)18-17(20)15-12-14(8-9-16(15)23-3)24(21,22)19-10-6-4-5-7-11-19/h8-9,12-13H,4-7,10-11H2,1-3H3,(H,18,20). The maximum absolute atomic E-state index is 12.9. The fraction of sp³-hybridized carbons (Fsp3) is 0.588. The summed E-state index contributed by atoms with van der Waals surface area (Å²) in [5.74, 6) is 0.0257. The molecule has 1 aliphatic heterocycles. The van der Waals surface area contributed by atoms with E-state index in [0.29, 0.717) is 18.8 Å². The number of sulfonamides is 1. The van der Waals surface area contributed by atoms with E-state index in [1.54, 1.807) is 6.07 Å². The van der Waals surface area contributed by atoms with E-state index in [9.17, 15) is 13.2 Å². The van der Waals surface area contributed by atoms with E-state index in [2.05, 4.69) is 5.32 Å². The molecule has 0 spiro atoms. The van der Waals surface area contributed by atoms with Crippen LogP contribution in [0.1, 0.15) is 49.9 Å². The Kier molecular flexibility index (Phi) is 6.23. The van der Waals surface area contributed by atoms with E-state index in [-0.39, 0.29) is 22.4 Å². The number of ether oxygens (including phenoxy) is 1. The van der Waals surface area contributed by atoms with Gasteiger partial charge < -0.3 is 10.1 Å². The van der Waals surface area contributed by atoms with Crippen molar-refractivity contribution in [3.05, 3.63) is 23.8 Å². The van der Waals surface area contributed by atoms with Gasteiger partial charge in [-0.15, -0.1) is 0 Å². The Labute approximate surface area is 144 Å². The smallest absolute Gasteiger partial charge is 0.255 e. The van der Waals surface area contributed by atoms with Crippen molar-refractivity contribution in [3.8, 4) is 5.75 Å². The molecule has 0 aliphatic carbocycles. The van der Waals surface area contributed by atoms with Crippen LogP contribution in [0.3, 0.4) is 0 Å². The summed E-state index contributed by atoms with van der Waals surface area (Å²) in [6.45, 7) is 4.76. The van der Waals surface area contributed by atoms with Crippen LogP contribution in [-0.4, -0.2) is 44.9 Å². The van der Waals surface area contributed by atoms with Crippen LogP contribution in [0, 0.1) is 0 Å². The molecule has 0 aromatic heterocycles. The lowest BCUT2D eigenvalue weighted by atomic mass is 10.2. The van der Waals surface area contributed by atoms with E-state index < -0.39 is 10.0 Å². The molecule has 0 bridgehead atoms. The molecule has 0 atom stereocenters. The second kappa shape index (κ2) is 7.98. The Morgan fingerprint density at radius 1 is 1.17 bits per heavy atom. The normalized spacial score (nSPS) is 16.7. The van der Waals surface area contributed by atoms with E-state index in [1.165, 1.54) is 23.5 Å². The maximum Gasteiger partial charge on any atom is 0.255 e. The molecule has 7 heteroatoms. The third-order valence-corrected chi connectivity index (χ3v) is 5.93. The fourth-order valence-electron chi connectivity index (χ4n) is 2.80. The van der Waals surface area contributed by atoms with Crippen LogP contribution in [0.4, 0.5) is 0 Å². The zero-order chi connectivity index (χ0) is 17.7. The number of nitrogens with one attached hydrogen (secondary N) is 1. The Balaban J connectivity index is 2.37. The number of benzene rings is 1. The minimum absolute atomic E-state index is 0.0481. The van der Waals surface area contributed by atoms with Gasteiger partial charge in [-0.1, -0.05) is 12.8 Å². The monoisotopic (exact) mass is 354 g/mol. The van der Waals surface area contributed by atoms with Crippen LogP contribution in [0.15, 0.2) is 23.1 Å². The van der Waals surface area contributed by atoms with Gasteiger partial charge in [0.05, 0.1) is 17.6 Å². The number of amides is 1. The Morgan fingerprint density at radius 3 is 2.33 bits per heavy atom. The van der Waals surface area contributed by atoms with Gasteiger partial charge in [-0.05, 0) is 44.9 Å². The number of methoxy groups -OCH3 is 1. The number of hydrogen-bond acceptors (Lipinski definition) is 4. The zero-order valence-corrected chi connectivity index (χ0v) is 15.4. The third kappa shape index (κ3) is 4.27. The maximum atomic E-state index is 12.9. The van der Waals surface area contributed by atoms with Gasteiger partial charge in [0.2, 0.25) is 10.0 Å². The van der Waals surface area contributed by atoms with Crippen molar-refractivity contribution in [2.45, 2.75) is 50.5 Å². The summed E-state index contributed by atoms with van der Waals surface area (Å²) in [7, 11) is -2.13. The van der Waals surface area contributed by atoms with Gasteiger partial charge in [-0.2, -0.15) is 4.31 Å². The van der Waals surface area contributed by atoms with Crippen molar-refractivity contribution >= 4 is 15.9 Å². The van der Waals surface area contributed by atoms with Crippen molar-refractivity contribution in [3.63, 3.8) is 0 Å². The molecular weight excluding hydrogens is 328 g/mol. The highest BCUT2D eigenvalue weighted by atomic mass is 32.2. The first-order valence-corrected chi connectivity index (χ1v) is 9.79. The lowest BCUT2D eigenvalue weighted by Crippen LogP contribution is -2.33. The number of rotatable bonds is 5. The summed E-state index contributed by atoms with van der Waals surface area (Å²) in [4.78, 5) is 12.5. The van der Waals surface area contributed by atoms with E-state index >= 15 is 0 Å². The van der Waals surface area contributed by atoms with Crippen LogP contribution >= 0.6 is 0 Å². The summed E-state index contributed by atoms with van der Waals surface area (Å²) in [6, 6.07) is 4.41. The van der Waals surface area contributed by atoms with Crippen molar-refractivity contribution < 1.29 is 17.9 Å². The molecule has 24 heavy (non-hydrogen) atoms. The Hall–Kier alpha value is -1.60. The predicted octanol–water partition coefficient (Wildman–Crippen LogP) is 2.40. The number of nitrogens with zero attached hydrogens (tertiary/aromatic N) is 1. The molecule has 1 amide bonds. The third-order valence-electron chi connectivity index (χ3n) is 4.04. The Bertz CT molecular complexity index is 678. The molecule has 2 rings (SSSR count). The quantitative estimate of drug-likeness (QED) is 0.881. The minimum Gasteiger partial charge on any atom is -0.496 e. The van der Waals surface area contributed by atoms with Gasteiger partial charge in [0.15, 0.2) is 0 Å². The summed E-state index contributed by atoms with van der Waals surface area (Å²) in [5.41, 5.74) is 0.238. The van der Waals surface area contributed by atoms with Gasteiger partial charge in [0.1, 0.15) is 5.75 Å². The van der Waals surface area contributed by atoms with Gasteiger partial charge in [0.25, 0.3) is 5.91 Å². The average molecular weight is 354 g/mol. The van der Waals surface area contributed by atoms with Crippen molar-refractivity contribution in [2.75, 3.05) is 20.2 Å². The summed E-state index contributed by atoms with van der Waals surface area (Å²) >= 11 is 0. The lowest BCUT2D eigenvalue weighted by molar-refractivity contribution is 0.0940.